The summed E-state index contributed by atoms with van der Waals surface area (Å²) in [5.41, 5.74) is 2.64. The molecule has 1 fully saturated rings. The van der Waals surface area contributed by atoms with Gasteiger partial charge in [0.1, 0.15) is 5.82 Å². The molecule has 2 N–H and O–H groups in total. The van der Waals surface area contributed by atoms with E-state index in [-0.39, 0.29) is 11.4 Å². The van der Waals surface area contributed by atoms with Crippen LogP contribution in [-0.2, 0) is 9.59 Å². The summed E-state index contributed by atoms with van der Waals surface area (Å²) in [5, 5.41) is 11.6. The van der Waals surface area contributed by atoms with E-state index in [0.717, 1.165) is 43.6 Å². The monoisotopic (exact) mass is 383 g/mol. The van der Waals surface area contributed by atoms with E-state index in [1.54, 1.807) is 18.2 Å². The Morgan fingerprint density at radius 3 is 2.25 bits per heavy atom. The molecule has 28 heavy (non-hydrogen) atoms. The van der Waals surface area contributed by atoms with Crippen LogP contribution in [0.2, 0.25) is 0 Å². The number of carbonyl (C=O) groups excluding carboxylic acids is 1. The van der Waals surface area contributed by atoms with Gasteiger partial charge in [0.25, 0.3) is 5.91 Å². The molecule has 0 aromatic heterocycles. The molecule has 1 amide bonds. The Hall–Kier alpha value is -3.35. The number of carbonyl (C=O) groups is 2. The summed E-state index contributed by atoms with van der Waals surface area (Å²) >= 11 is 0. The van der Waals surface area contributed by atoms with Crippen molar-refractivity contribution in [3.8, 4) is 0 Å². The van der Waals surface area contributed by atoms with Crippen LogP contribution >= 0.6 is 0 Å². The summed E-state index contributed by atoms with van der Waals surface area (Å²) in [6, 6.07) is 13.9. The van der Waals surface area contributed by atoms with Crippen LogP contribution in [0.4, 0.5) is 21.5 Å². The number of carboxylic acids is 1. The lowest BCUT2D eigenvalue weighted by Gasteiger charge is -2.38. The zero-order valence-corrected chi connectivity index (χ0v) is 15.6. The number of nitrogens with zero attached hydrogens (tertiary/aromatic N) is 2. The number of aliphatic carboxylic acids is 1. The Labute approximate surface area is 162 Å². The highest BCUT2D eigenvalue weighted by molar-refractivity contribution is 6.07. The number of amides is 1. The normalized spacial score (nSPS) is 14.7. The zero-order chi connectivity index (χ0) is 20.1. The summed E-state index contributed by atoms with van der Waals surface area (Å²) in [7, 11) is 0. The van der Waals surface area contributed by atoms with Crippen LogP contribution in [0, 0.1) is 5.82 Å². The van der Waals surface area contributed by atoms with E-state index in [0.29, 0.717) is 5.69 Å². The topological polar surface area (TPSA) is 72.9 Å². The molecule has 0 bridgehead atoms. The fourth-order valence-corrected chi connectivity index (χ4v) is 3.18. The average molecular weight is 383 g/mol. The SMILES string of the molecule is C/C(=C\C(=O)O)C(=O)Nc1ccccc1N1CCN(c2ccc(F)cc2)CC1. The molecular formula is C21H22FN3O3. The highest BCUT2D eigenvalue weighted by Gasteiger charge is 2.20. The van der Waals surface area contributed by atoms with Crippen molar-refractivity contribution in [3.63, 3.8) is 0 Å². The van der Waals surface area contributed by atoms with Crippen molar-refractivity contribution in [2.75, 3.05) is 41.3 Å². The van der Waals surface area contributed by atoms with E-state index in [4.69, 9.17) is 5.11 Å². The minimum Gasteiger partial charge on any atom is -0.478 e. The predicted molar refractivity (Wildman–Crippen MR) is 107 cm³/mol. The fraction of sp³-hybridized carbons (Fsp3) is 0.238. The Morgan fingerprint density at radius 2 is 1.61 bits per heavy atom. The smallest absolute Gasteiger partial charge is 0.328 e. The maximum atomic E-state index is 13.1. The van der Waals surface area contributed by atoms with Gasteiger partial charge < -0.3 is 20.2 Å². The molecule has 1 heterocycles. The molecule has 0 atom stereocenters. The Balaban J connectivity index is 1.69. The molecule has 0 radical (unpaired) electrons. The Morgan fingerprint density at radius 1 is 1.00 bits per heavy atom. The molecule has 3 rings (SSSR count). The molecule has 0 saturated carbocycles. The van der Waals surface area contributed by atoms with Gasteiger partial charge in [-0.25, -0.2) is 9.18 Å². The summed E-state index contributed by atoms with van der Waals surface area (Å²) in [6.07, 6.45) is 0.888. The quantitative estimate of drug-likeness (QED) is 0.776. The molecule has 7 heteroatoms. The Kier molecular flexibility index (Phi) is 5.93. The van der Waals surface area contributed by atoms with Gasteiger partial charge in [0.05, 0.1) is 11.4 Å². The molecule has 1 aliphatic heterocycles. The van der Waals surface area contributed by atoms with Gasteiger partial charge >= 0.3 is 5.97 Å². The summed E-state index contributed by atoms with van der Waals surface area (Å²) < 4.78 is 13.1. The van der Waals surface area contributed by atoms with Gasteiger partial charge in [-0.1, -0.05) is 12.1 Å². The maximum absolute atomic E-state index is 13.1. The standard InChI is InChI=1S/C21H22FN3O3/c1-15(14-20(26)27)21(28)23-18-4-2-3-5-19(18)25-12-10-24(11-13-25)17-8-6-16(22)7-9-17/h2-9,14H,10-13H2,1H3,(H,23,28)(H,26,27)/b15-14+. The van der Waals surface area contributed by atoms with Crippen molar-refractivity contribution in [1.29, 1.82) is 0 Å². The number of piperazine rings is 1. The van der Waals surface area contributed by atoms with Crippen LogP contribution in [0.25, 0.3) is 0 Å². The summed E-state index contributed by atoms with van der Waals surface area (Å²) in [5.74, 6) is -1.85. The first-order chi connectivity index (χ1) is 13.4. The van der Waals surface area contributed by atoms with Crippen LogP contribution in [0.3, 0.4) is 0 Å². The molecule has 0 spiro atoms. The maximum Gasteiger partial charge on any atom is 0.328 e. The molecule has 6 nitrogen and oxygen atoms in total. The van der Waals surface area contributed by atoms with E-state index in [9.17, 15) is 14.0 Å². The number of nitrogens with one attached hydrogen (secondary N) is 1. The van der Waals surface area contributed by atoms with Gasteiger partial charge in [0.2, 0.25) is 0 Å². The van der Waals surface area contributed by atoms with Crippen molar-refractivity contribution in [3.05, 3.63) is 66.0 Å². The molecule has 0 aliphatic carbocycles. The van der Waals surface area contributed by atoms with Gasteiger partial charge in [-0.2, -0.15) is 0 Å². The third kappa shape index (κ3) is 4.68. The molecule has 2 aromatic carbocycles. The van der Waals surface area contributed by atoms with E-state index < -0.39 is 11.9 Å². The number of anilines is 3. The largest absolute Gasteiger partial charge is 0.478 e. The highest BCUT2D eigenvalue weighted by Crippen LogP contribution is 2.28. The minimum atomic E-state index is -1.15. The van der Waals surface area contributed by atoms with Crippen molar-refractivity contribution in [2.24, 2.45) is 0 Å². The minimum absolute atomic E-state index is 0.128. The number of carboxylic acid groups (broad SMARTS) is 1. The van der Waals surface area contributed by atoms with Gasteiger partial charge in [-0.3, -0.25) is 4.79 Å². The average Bonchev–Trinajstić information content (AvgIpc) is 2.69. The predicted octanol–water partition coefficient (Wildman–Crippen LogP) is 3.12. The lowest BCUT2D eigenvalue weighted by molar-refractivity contribution is -0.131. The summed E-state index contributed by atoms with van der Waals surface area (Å²) in [4.78, 5) is 27.4. The van der Waals surface area contributed by atoms with Gasteiger partial charge in [0, 0.05) is 43.5 Å². The molecule has 1 saturated heterocycles. The number of hydrogen-bond donors (Lipinski definition) is 2. The second-order valence-corrected chi connectivity index (χ2v) is 6.59. The number of rotatable bonds is 5. The van der Waals surface area contributed by atoms with E-state index in [1.165, 1.54) is 19.1 Å². The van der Waals surface area contributed by atoms with Crippen LogP contribution in [0.15, 0.2) is 60.2 Å². The van der Waals surface area contributed by atoms with E-state index in [2.05, 4.69) is 15.1 Å². The van der Waals surface area contributed by atoms with Gasteiger partial charge in [0.15, 0.2) is 0 Å². The van der Waals surface area contributed by atoms with E-state index in [1.807, 2.05) is 18.2 Å². The first-order valence-electron chi connectivity index (χ1n) is 9.01. The number of para-hydroxylation sites is 2. The van der Waals surface area contributed by atoms with Crippen molar-refractivity contribution >= 4 is 28.9 Å². The van der Waals surface area contributed by atoms with Crippen LogP contribution in [-0.4, -0.2) is 43.2 Å². The van der Waals surface area contributed by atoms with Gasteiger partial charge in [-0.15, -0.1) is 0 Å². The fourth-order valence-electron chi connectivity index (χ4n) is 3.18. The first kappa shape index (κ1) is 19.4. The van der Waals surface area contributed by atoms with Crippen molar-refractivity contribution < 1.29 is 19.1 Å². The lowest BCUT2D eigenvalue weighted by Crippen LogP contribution is -2.46. The lowest BCUT2D eigenvalue weighted by atomic mass is 10.2. The second kappa shape index (κ2) is 8.56. The zero-order valence-electron chi connectivity index (χ0n) is 15.6. The number of halogens is 1. The van der Waals surface area contributed by atoms with Crippen molar-refractivity contribution in [1.82, 2.24) is 0 Å². The second-order valence-electron chi connectivity index (χ2n) is 6.59. The van der Waals surface area contributed by atoms with E-state index >= 15 is 0 Å². The molecule has 0 unspecified atom stereocenters. The number of benzene rings is 2. The Bertz CT molecular complexity index is 888. The van der Waals surface area contributed by atoms with Gasteiger partial charge in [-0.05, 0) is 43.3 Å². The molecule has 1 aliphatic rings. The van der Waals surface area contributed by atoms with Crippen LogP contribution < -0.4 is 15.1 Å². The molecule has 2 aromatic rings. The summed E-state index contributed by atoms with van der Waals surface area (Å²) in [6.45, 7) is 4.49. The van der Waals surface area contributed by atoms with Crippen LogP contribution in [0.1, 0.15) is 6.92 Å². The third-order valence-corrected chi connectivity index (χ3v) is 4.66. The van der Waals surface area contributed by atoms with Crippen LogP contribution in [0.5, 0.6) is 0 Å². The molecular weight excluding hydrogens is 361 g/mol. The first-order valence-corrected chi connectivity index (χ1v) is 9.01. The third-order valence-electron chi connectivity index (χ3n) is 4.66. The molecule has 146 valence electrons. The number of hydrogen-bond acceptors (Lipinski definition) is 4. The highest BCUT2D eigenvalue weighted by atomic mass is 19.1. The van der Waals surface area contributed by atoms with Crippen molar-refractivity contribution in [2.45, 2.75) is 6.92 Å².